The van der Waals surface area contributed by atoms with Crippen LogP contribution in [0.15, 0.2) is 30.3 Å². The minimum absolute atomic E-state index is 0. The predicted molar refractivity (Wildman–Crippen MR) is 116 cm³/mol. The van der Waals surface area contributed by atoms with Gasteiger partial charge in [-0.15, -0.1) is 36.2 Å². The number of nitrogens with one attached hydrogen (secondary N) is 1. The number of hydrogen-bond donors (Lipinski definition) is 1. The van der Waals surface area contributed by atoms with E-state index in [9.17, 15) is 4.79 Å². The lowest BCUT2D eigenvalue weighted by atomic mass is 10.1. The van der Waals surface area contributed by atoms with E-state index < -0.39 is 0 Å². The number of amides is 1. The minimum atomic E-state index is 0. The number of aromatic nitrogens is 1. The van der Waals surface area contributed by atoms with Gasteiger partial charge in [-0.3, -0.25) is 9.69 Å². The van der Waals surface area contributed by atoms with Gasteiger partial charge in [0, 0.05) is 50.9 Å². The van der Waals surface area contributed by atoms with Crippen LogP contribution in [0, 0.1) is 6.92 Å². The zero-order chi connectivity index (χ0) is 17.2. The van der Waals surface area contributed by atoms with Gasteiger partial charge in [-0.2, -0.15) is 0 Å². The number of piperazine rings is 1. The number of aryl methyl sites for hydroxylation is 1. The first-order chi connectivity index (χ1) is 12.2. The molecule has 0 bridgehead atoms. The topological polar surface area (TPSA) is 48.5 Å². The van der Waals surface area contributed by atoms with Gasteiger partial charge in [-0.05, 0) is 13.3 Å². The van der Waals surface area contributed by atoms with Gasteiger partial charge in [0.25, 0.3) is 5.91 Å². The standard InChI is InChI=1S/C19H24N4OS.2ClH/c1-14-21-17(15-5-3-2-4-6-15)18(25-14)19(24)23-10-7-16(13-23)22-11-8-20-9-12-22;;/h2-6,16,20H,7-13H2,1H3;2*1H. The molecule has 1 aromatic carbocycles. The van der Waals surface area contributed by atoms with Crippen molar-refractivity contribution in [3.8, 4) is 11.3 Å². The van der Waals surface area contributed by atoms with E-state index in [0.29, 0.717) is 6.04 Å². The first-order valence-corrected chi connectivity index (χ1v) is 9.81. The highest BCUT2D eigenvalue weighted by Gasteiger charge is 2.33. The summed E-state index contributed by atoms with van der Waals surface area (Å²) in [6.45, 7) is 7.93. The Morgan fingerprint density at radius 2 is 1.85 bits per heavy atom. The van der Waals surface area contributed by atoms with Gasteiger partial charge in [0.05, 0.1) is 10.7 Å². The van der Waals surface area contributed by atoms with Crippen molar-refractivity contribution in [3.05, 3.63) is 40.2 Å². The average molecular weight is 429 g/mol. The second kappa shape index (κ2) is 9.85. The molecule has 2 aromatic rings. The number of likely N-dealkylation sites (tertiary alicyclic amines) is 1. The van der Waals surface area contributed by atoms with E-state index in [4.69, 9.17) is 0 Å². The van der Waals surface area contributed by atoms with Gasteiger partial charge in [0.2, 0.25) is 0 Å². The van der Waals surface area contributed by atoms with Crippen LogP contribution in [0.4, 0.5) is 0 Å². The number of benzene rings is 1. The molecule has 1 amide bonds. The molecule has 3 heterocycles. The van der Waals surface area contributed by atoms with E-state index in [2.05, 4.69) is 15.2 Å². The van der Waals surface area contributed by atoms with Crippen LogP contribution in [0.25, 0.3) is 11.3 Å². The Kier molecular flexibility index (Phi) is 8.06. The van der Waals surface area contributed by atoms with E-state index >= 15 is 0 Å². The number of rotatable bonds is 3. The summed E-state index contributed by atoms with van der Waals surface area (Å²) in [5.74, 6) is 0.141. The molecule has 148 valence electrons. The van der Waals surface area contributed by atoms with Crippen LogP contribution in [0.1, 0.15) is 21.1 Å². The van der Waals surface area contributed by atoms with E-state index in [1.54, 1.807) is 0 Å². The highest BCUT2D eigenvalue weighted by Crippen LogP contribution is 2.30. The number of carbonyl (C=O) groups is 1. The van der Waals surface area contributed by atoms with Crippen molar-refractivity contribution >= 4 is 42.1 Å². The Morgan fingerprint density at radius 3 is 2.56 bits per heavy atom. The van der Waals surface area contributed by atoms with Gasteiger partial charge in [0.15, 0.2) is 0 Å². The summed E-state index contributed by atoms with van der Waals surface area (Å²) in [6, 6.07) is 10.5. The molecule has 2 aliphatic heterocycles. The molecule has 0 saturated carbocycles. The van der Waals surface area contributed by atoms with Crippen molar-refractivity contribution in [1.82, 2.24) is 20.1 Å². The van der Waals surface area contributed by atoms with Crippen LogP contribution in [0.5, 0.6) is 0 Å². The van der Waals surface area contributed by atoms with Gasteiger partial charge in [0.1, 0.15) is 4.88 Å². The lowest BCUT2D eigenvalue weighted by Gasteiger charge is -2.32. The van der Waals surface area contributed by atoms with Crippen LogP contribution in [-0.4, -0.2) is 66.0 Å². The summed E-state index contributed by atoms with van der Waals surface area (Å²) in [4.78, 5) is 23.1. The third-order valence-electron chi connectivity index (χ3n) is 5.09. The first kappa shape index (κ1) is 22.1. The molecule has 4 rings (SSSR count). The molecular formula is C19H26Cl2N4OS. The molecule has 1 aromatic heterocycles. The summed E-state index contributed by atoms with van der Waals surface area (Å²) in [5.41, 5.74) is 1.85. The van der Waals surface area contributed by atoms with E-state index in [1.165, 1.54) is 11.3 Å². The monoisotopic (exact) mass is 428 g/mol. The molecular weight excluding hydrogens is 403 g/mol. The highest BCUT2D eigenvalue weighted by molar-refractivity contribution is 7.14. The summed E-state index contributed by atoms with van der Waals surface area (Å²) in [7, 11) is 0. The van der Waals surface area contributed by atoms with E-state index in [1.807, 2.05) is 42.2 Å². The largest absolute Gasteiger partial charge is 0.336 e. The molecule has 2 fully saturated rings. The van der Waals surface area contributed by atoms with Crippen molar-refractivity contribution in [2.75, 3.05) is 39.3 Å². The molecule has 1 atom stereocenters. The van der Waals surface area contributed by atoms with Gasteiger partial charge >= 0.3 is 0 Å². The highest BCUT2D eigenvalue weighted by atomic mass is 35.5. The molecule has 0 radical (unpaired) electrons. The molecule has 1 unspecified atom stereocenters. The lowest BCUT2D eigenvalue weighted by Crippen LogP contribution is -2.49. The van der Waals surface area contributed by atoms with Crippen LogP contribution < -0.4 is 5.32 Å². The minimum Gasteiger partial charge on any atom is -0.336 e. The summed E-state index contributed by atoms with van der Waals surface area (Å²) in [5, 5.41) is 4.34. The van der Waals surface area contributed by atoms with Crippen LogP contribution in [0.3, 0.4) is 0 Å². The van der Waals surface area contributed by atoms with E-state index in [0.717, 1.165) is 66.8 Å². The van der Waals surface area contributed by atoms with Gasteiger partial charge < -0.3 is 10.2 Å². The first-order valence-electron chi connectivity index (χ1n) is 8.99. The maximum Gasteiger partial charge on any atom is 0.266 e. The Labute approximate surface area is 177 Å². The number of nitrogens with zero attached hydrogens (tertiary/aromatic N) is 3. The average Bonchev–Trinajstić information content (AvgIpc) is 3.30. The van der Waals surface area contributed by atoms with Crippen molar-refractivity contribution in [1.29, 1.82) is 0 Å². The fraction of sp³-hybridized carbons (Fsp3) is 0.474. The molecule has 5 nitrogen and oxygen atoms in total. The zero-order valence-electron chi connectivity index (χ0n) is 15.4. The Morgan fingerprint density at radius 1 is 1.15 bits per heavy atom. The smallest absolute Gasteiger partial charge is 0.266 e. The third kappa shape index (κ3) is 4.81. The lowest BCUT2D eigenvalue weighted by molar-refractivity contribution is 0.0778. The number of hydrogen-bond acceptors (Lipinski definition) is 5. The number of thiazole rings is 1. The fourth-order valence-corrected chi connectivity index (χ4v) is 4.69. The molecule has 2 saturated heterocycles. The maximum atomic E-state index is 13.1. The second-order valence-electron chi connectivity index (χ2n) is 6.76. The van der Waals surface area contributed by atoms with E-state index in [-0.39, 0.29) is 30.7 Å². The Balaban J connectivity index is 0.00000131. The normalized spacial score (nSPS) is 20.0. The zero-order valence-corrected chi connectivity index (χ0v) is 17.8. The van der Waals surface area contributed by atoms with Crippen molar-refractivity contribution in [2.45, 2.75) is 19.4 Å². The molecule has 27 heavy (non-hydrogen) atoms. The van der Waals surface area contributed by atoms with Crippen LogP contribution in [-0.2, 0) is 0 Å². The van der Waals surface area contributed by atoms with Crippen LogP contribution >= 0.6 is 36.2 Å². The second-order valence-corrected chi connectivity index (χ2v) is 7.96. The molecule has 0 spiro atoms. The molecule has 1 N–H and O–H groups in total. The van der Waals surface area contributed by atoms with Crippen molar-refractivity contribution < 1.29 is 4.79 Å². The SMILES string of the molecule is Cc1nc(-c2ccccc2)c(C(=O)N2CCC(N3CCNCC3)C2)s1.Cl.Cl. The maximum absolute atomic E-state index is 13.1. The summed E-state index contributed by atoms with van der Waals surface area (Å²) >= 11 is 1.52. The van der Waals surface area contributed by atoms with Crippen molar-refractivity contribution in [3.63, 3.8) is 0 Å². The molecule has 8 heteroatoms. The van der Waals surface area contributed by atoms with Gasteiger partial charge in [-0.25, -0.2) is 4.98 Å². The van der Waals surface area contributed by atoms with Gasteiger partial charge in [-0.1, -0.05) is 30.3 Å². The fourth-order valence-electron chi connectivity index (χ4n) is 3.78. The molecule has 0 aliphatic carbocycles. The Bertz CT molecular complexity index is 749. The van der Waals surface area contributed by atoms with Crippen molar-refractivity contribution in [2.24, 2.45) is 0 Å². The molecule has 2 aliphatic rings. The number of carbonyl (C=O) groups excluding carboxylic acids is 1. The summed E-state index contributed by atoms with van der Waals surface area (Å²) in [6.07, 6.45) is 1.07. The van der Waals surface area contributed by atoms with Crippen LogP contribution in [0.2, 0.25) is 0 Å². The predicted octanol–water partition coefficient (Wildman–Crippen LogP) is 3.08. The third-order valence-corrected chi connectivity index (χ3v) is 6.05. The number of halogens is 2. The summed E-state index contributed by atoms with van der Waals surface area (Å²) < 4.78 is 0. The Hall–Kier alpha value is -1.18. The quantitative estimate of drug-likeness (QED) is 0.815.